The SMILES string of the molecule is Cc1cc(C)cc(NC(=O)N2Cc3c(C)nn(-c4ccccc4)c3-n3cccc3[C@H]2c2cccc(Cl)c2)c1. The lowest BCUT2D eigenvalue weighted by Gasteiger charge is -2.31. The minimum absolute atomic E-state index is 0.188. The number of benzene rings is 3. The van der Waals surface area contributed by atoms with E-state index in [9.17, 15) is 4.79 Å². The van der Waals surface area contributed by atoms with Crippen molar-refractivity contribution in [3.8, 4) is 11.5 Å². The third kappa shape index (κ3) is 4.27. The van der Waals surface area contributed by atoms with Gasteiger partial charge in [0.05, 0.1) is 29.7 Å². The van der Waals surface area contributed by atoms with E-state index in [2.05, 4.69) is 22.0 Å². The van der Waals surface area contributed by atoms with Crippen LogP contribution < -0.4 is 5.32 Å². The van der Waals surface area contributed by atoms with Gasteiger partial charge < -0.3 is 14.8 Å². The fourth-order valence-electron chi connectivity index (χ4n) is 5.42. The number of urea groups is 1. The second kappa shape index (κ2) is 9.54. The predicted molar refractivity (Wildman–Crippen MR) is 151 cm³/mol. The number of hydrogen-bond donors (Lipinski definition) is 1. The molecule has 0 spiro atoms. The molecule has 0 aliphatic carbocycles. The summed E-state index contributed by atoms with van der Waals surface area (Å²) in [5.74, 6) is 0.933. The highest BCUT2D eigenvalue weighted by Crippen LogP contribution is 2.39. The van der Waals surface area contributed by atoms with Crippen LogP contribution in [0.1, 0.15) is 39.7 Å². The average Bonchev–Trinajstić information content (AvgIpc) is 3.44. The Kier molecular flexibility index (Phi) is 6.04. The molecule has 5 aromatic rings. The van der Waals surface area contributed by atoms with Crippen LogP contribution in [0.15, 0.2) is 91.1 Å². The number of halogens is 1. The van der Waals surface area contributed by atoms with E-state index in [1.54, 1.807) is 0 Å². The Hall–Kier alpha value is -4.29. The van der Waals surface area contributed by atoms with Crippen LogP contribution in [0.5, 0.6) is 0 Å². The van der Waals surface area contributed by atoms with Gasteiger partial charge in [-0.1, -0.05) is 48.0 Å². The number of anilines is 1. The molecule has 0 unspecified atom stereocenters. The highest BCUT2D eigenvalue weighted by molar-refractivity contribution is 6.30. The largest absolute Gasteiger partial charge is 0.322 e. The number of nitrogens with one attached hydrogen (secondary N) is 1. The fraction of sp³-hybridized carbons (Fsp3) is 0.161. The predicted octanol–water partition coefficient (Wildman–Crippen LogP) is 7.38. The summed E-state index contributed by atoms with van der Waals surface area (Å²) >= 11 is 6.46. The Labute approximate surface area is 227 Å². The van der Waals surface area contributed by atoms with Gasteiger partial charge >= 0.3 is 6.03 Å². The maximum atomic E-state index is 14.1. The van der Waals surface area contributed by atoms with Gasteiger partial charge in [0.15, 0.2) is 0 Å². The Morgan fingerprint density at radius 1 is 0.921 bits per heavy atom. The van der Waals surface area contributed by atoms with Crippen LogP contribution in [0, 0.1) is 20.8 Å². The molecule has 0 saturated heterocycles. The lowest BCUT2D eigenvalue weighted by molar-refractivity contribution is 0.194. The smallest absolute Gasteiger partial charge is 0.308 e. The van der Waals surface area contributed by atoms with Gasteiger partial charge in [-0.05, 0) is 86.0 Å². The number of para-hydroxylation sites is 1. The van der Waals surface area contributed by atoms with Crippen molar-refractivity contribution in [2.75, 3.05) is 5.32 Å². The number of fused-ring (bicyclic) bond motifs is 3. The number of rotatable bonds is 3. The van der Waals surface area contributed by atoms with Gasteiger partial charge in [-0.2, -0.15) is 5.10 Å². The van der Waals surface area contributed by atoms with Gasteiger partial charge in [-0.25, -0.2) is 9.48 Å². The van der Waals surface area contributed by atoms with Crippen LogP contribution in [-0.4, -0.2) is 25.3 Å². The molecule has 1 aliphatic rings. The third-order valence-electron chi connectivity index (χ3n) is 6.99. The van der Waals surface area contributed by atoms with Crippen LogP contribution in [-0.2, 0) is 6.54 Å². The summed E-state index contributed by atoms with van der Waals surface area (Å²) in [6, 6.07) is 27.4. The Morgan fingerprint density at radius 2 is 1.68 bits per heavy atom. The first-order valence-corrected chi connectivity index (χ1v) is 13.0. The van der Waals surface area contributed by atoms with Crippen molar-refractivity contribution in [3.05, 3.63) is 130 Å². The van der Waals surface area contributed by atoms with E-state index in [4.69, 9.17) is 16.7 Å². The van der Waals surface area contributed by atoms with E-state index < -0.39 is 0 Å². The van der Waals surface area contributed by atoms with E-state index in [-0.39, 0.29) is 12.1 Å². The molecular formula is C31H28ClN5O. The average molecular weight is 522 g/mol. The molecule has 7 heteroatoms. The van der Waals surface area contributed by atoms with E-state index in [0.29, 0.717) is 11.6 Å². The molecule has 1 aliphatic heterocycles. The summed E-state index contributed by atoms with van der Waals surface area (Å²) in [4.78, 5) is 16.0. The van der Waals surface area contributed by atoms with E-state index in [1.165, 1.54) is 0 Å². The molecule has 6 nitrogen and oxygen atoms in total. The second-order valence-corrected chi connectivity index (χ2v) is 10.3. The maximum absolute atomic E-state index is 14.1. The molecule has 3 aromatic carbocycles. The van der Waals surface area contributed by atoms with Crippen LogP contribution in [0.2, 0.25) is 5.02 Å². The first kappa shape index (κ1) is 24.1. The molecule has 2 amide bonds. The lowest BCUT2D eigenvalue weighted by atomic mass is 10.0. The molecular weight excluding hydrogens is 494 g/mol. The van der Waals surface area contributed by atoms with E-state index >= 15 is 0 Å². The monoisotopic (exact) mass is 521 g/mol. The summed E-state index contributed by atoms with van der Waals surface area (Å²) < 4.78 is 4.12. The highest BCUT2D eigenvalue weighted by Gasteiger charge is 2.36. The standard InChI is InChI=1S/C31H28ClN5O/c1-20-15-21(2)17-25(16-20)33-31(38)36-19-27-22(3)34-37(26-11-5-4-6-12-26)30(27)35-14-8-13-28(35)29(36)23-9-7-10-24(32)18-23/h4-18,29H,19H2,1-3H3,(H,33,38)/t29-/m1/s1. The summed E-state index contributed by atoms with van der Waals surface area (Å²) in [7, 11) is 0. The molecule has 190 valence electrons. The number of carbonyl (C=O) groups excluding carboxylic acids is 1. The molecule has 0 radical (unpaired) electrons. The Bertz CT molecular complexity index is 1630. The Balaban J connectivity index is 1.54. The summed E-state index contributed by atoms with van der Waals surface area (Å²) in [6.45, 7) is 6.44. The number of amides is 2. The van der Waals surface area contributed by atoms with Crippen LogP contribution in [0.3, 0.4) is 0 Å². The third-order valence-corrected chi connectivity index (χ3v) is 7.22. The van der Waals surface area contributed by atoms with Crippen molar-refractivity contribution >= 4 is 23.3 Å². The molecule has 3 heterocycles. The summed E-state index contributed by atoms with van der Waals surface area (Å²) in [6.07, 6.45) is 2.04. The van der Waals surface area contributed by atoms with Crippen molar-refractivity contribution in [3.63, 3.8) is 0 Å². The van der Waals surface area contributed by atoms with E-state index in [1.807, 2.05) is 109 Å². The zero-order valence-electron chi connectivity index (χ0n) is 21.5. The molecule has 0 bridgehead atoms. The van der Waals surface area contributed by atoms with Crippen molar-refractivity contribution in [2.45, 2.75) is 33.4 Å². The first-order valence-electron chi connectivity index (χ1n) is 12.6. The number of hydrogen-bond acceptors (Lipinski definition) is 2. The zero-order valence-corrected chi connectivity index (χ0v) is 22.3. The normalized spacial score (nSPS) is 14.5. The van der Waals surface area contributed by atoms with Crippen LogP contribution in [0.25, 0.3) is 11.5 Å². The number of aromatic nitrogens is 3. The van der Waals surface area contributed by atoms with Crippen molar-refractivity contribution in [1.29, 1.82) is 0 Å². The maximum Gasteiger partial charge on any atom is 0.322 e. The number of aryl methyl sites for hydroxylation is 3. The van der Waals surface area contributed by atoms with E-state index in [0.717, 1.165) is 50.8 Å². The highest BCUT2D eigenvalue weighted by atomic mass is 35.5. The van der Waals surface area contributed by atoms with Gasteiger partial charge in [-0.3, -0.25) is 0 Å². The van der Waals surface area contributed by atoms with Crippen molar-refractivity contribution in [2.24, 2.45) is 0 Å². The van der Waals surface area contributed by atoms with Gasteiger partial charge in [0.25, 0.3) is 0 Å². The van der Waals surface area contributed by atoms with Crippen LogP contribution >= 0.6 is 11.6 Å². The molecule has 2 aromatic heterocycles. The quantitative estimate of drug-likeness (QED) is 0.269. The molecule has 6 rings (SSSR count). The van der Waals surface area contributed by atoms with Gasteiger partial charge in [0, 0.05) is 22.5 Å². The molecule has 1 atom stereocenters. The topological polar surface area (TPSA) is 55.1 Å². The molecule has 38 heavy (non-hydrogen) atoms. The summed E-state index contributed by atoms with van der Waals surface area (Å²) in [5.41, 5.74) is 7.69. The van der Waals surface area contributed by atoms with Gasteiger partial charge in [0.1, 0.15) is 5.82 Å². The van der Waals surface area contributed by atoms with Crippen LogP contribution in [0.4, 0.5) is 10.5 Å². The second-order valence-electron chi connectivity index (χ2n) is 9.83. The number of carbonyl (C=O) groups is 1. The Morgan fingerprint density at radius 3 is 2.42 bits per heavy atom. The molecule has 1 N–H and O–H groups in total. The molecule has 0 saturated carbocycles. The minimum atomic E-state index is -0.370. The van der Waals surface area contributed by atoms with Crippen molar-refractivity contribution in [1.82, 2.24) is 19.2 Å². The summed E-state index contributed by atoms with van der Waals surface area (Å²) in [5, 5.41) is 8.70. The minimum Gasteiger partial charge on any atom is -0.308 e. The number of nitrogens with zero attached hydrogens (tertiary/aromatic N) is 4. The van der Waals surface area contributed by atoms with Crippen molar-refractivity contribution < 1.29 is 4.79 Å². The fourth-order valence-corrected chi connectivity index (χ4v) is 5.62. The molecule has 0 fully saturated rings. The zero-order chi connectivity index (χ0) is 26.4. The van der Waals surface area contributed by atoms with Gasteiger partial charge in [0.2, 0.25) is 0 Å². The van der Waals surface area contributed by atoms with Gasteiger partial charge in [-0.15, -0.1) is 0 Å². The lowest BCUT2D eigenvalue weighted by Crippen LogP contribution is -2.38. The first-order chi connectivity index (χ1) is 18.4.